The molecule has 0 heterocycles. The fraction of sp³-hybridized carbons (Fsp3) is 0.697. The van der Waals surface area contributed by atoms with Crippen LogP contribution < -0.4 is 0 Å². The largest absolute Gasteiger partial charge is 0.0990 e. The number of rotatable bonds is 9. The summed E-state index contributed by atoms with van der Waals surface area (Å²) < 4.78 is 0. The van der Waals surface area contributed by atoms with E-state index in [9.17, 15) is 0 Å². The highest BCUT2D eigenvalue weighted by Gasteiger charge is 2.38. The van der Waals surface area contributed by atoms with Crippen LogP contribution in [0.2, 0.25) is 0 Å². The van der Waals surface area contributed by atoms with Gasteiger partial charge in [0.05, 0.1) is 0 Å². The molecule has 1 saturated carbocycles. The van der Waals surface area contributed by atoms with Crippen LogP contribution in [0.1, 0.15) is 134 Å². The first kappa shape index (κ1) is 26.3. The summed E-state index contributed by atoms with van der Waals surface area (Å²) in [4.78, 5) is 0. The molecule has 0 aliphatic heterocycles. The van der Waals surface area contributed by atoms with Gasteiger partial charge >= 0.3 is 0 Å². The molecule has 0 aromatic heterocycles. The first-order valence-electron chi connectivity index (χ1n) is 14.1. The van der Waals surface area contributed by atoms with Crippen LogP contribution in [0.4, 0.5) is 0 Å². The molecule has 1 aromatic carbocycles. The highest BCUT2D eigenvalue weighted by atomic mass is 14.4. The van der Waals surface area contributed by atoms with Gasteiger partial charge in [0.2, 0.25) is 0 Å². The van der Waals surface area contributed by atoms with Crippen LogP contribution in [-0.4, -0.2) is 0 Å². The van der Waals surface area contributed by atoms with Crippen molar-refractivity contribution in [3.63, 3.8) is 0 Å². The SMILES string of the molecule is C=C(Cc1cc(CCCCC)cc(C)c1C1C=C(C)CCC1C(C)(C)C)C1(CC)CCCC1. The Labute approximate surface area is 206 Å². The molecule has 184 valence electrons. The Balaban J connectivity index is 2.06. The third-order valence-electron chi connectivity index (χ3n) is 9.19. The zero-order valence-electron chi connectivity index (χ0n) is 23.1. The lowest BCUT2D eigenvalue weighted by Gasteiger charge is -2.41. The number of benzene rings is 1. The summed E-state index contributed by atoms with van der Waals surface area (Å²) in [7, 11) is 0. The van der Waals surface area contributed by atoms with Gasteiger partial charge < -0.3 is 0 Å². The molecule has 0 amide bonds. The highest BCUT2D eigenvalue weighted by molar-refractivity contribution is 5.46. The minimum absolute atomic E-state index is 0.318. The van der Waals surface area contributed by atoms with E-state index in [1.165, 1.54) is 81.8 Å². The molecule has 2 unspecified atom stereocenters. The zero-order valence-corrected chi connectivity index (χ0v) is 23.1. The zero-order chi connectivity index (χ0) is 24.2. The summed E-state index contributed by atoms with van der Waals surface area (Å²) in [6.45, 7) is 21.6. The second-order valence-electron chi connectivity index (χ2n) is 12.6. The fourth-order valence-corrected chi connectivity index (χ4v) is 7.05. The van der Waals surface area contributed by atoms with E-state index in [-0.39, 0.29) is 0 Å². The quantitative estimate of drug-likeness (QED) is 0.260. The van der Waals surface area contributed by atoms with Crippen LogP contribution in [0, 0.1) is 23.7 Å². The molecule has 0 heteroatoms. The highest BCUT2D eigenvalue weighted by Crippen LogP contribution is 2.50. The van der Waals surface area contributed by atoms with E-state index < -0.39 is 0 Å². The Kier molecular flexibility index (Phi) is 8.74. The number of aryl methyl sites for hydroxylation is 2. The molecular formula is C33H52. The second-order valence-corrected chi connectivity index (χ2v) is 12.6. The molecule has 0 N–H and O–H groups in total. The van der Waals surface area contributed by atoms with Crippen LogP contribution in [0.25, 0.3) is 0 Å². The monoisotopic (exact) mass is 448 g/mol. The molecule has 2 atom stereocenters. The Morgan fingerprint density at radius 3 is 2.36 bits per heavy atom. The van der Waals surface area contributed by atoms with Gasteiger partial charge in [0.25, 0.3) is 0 Å². The van der Waals surface area contributed by atoms with E-state index in [0.717, 1.165) is 6.42 Å². The molecule has 1 fully saturated rings. The lowest BCUT2D eigenvalue weighted by atomic mass is 9.63. The summed E-state index contributed by atoms with van der Waals surface area (Å²) in [5, 5.41) is 0. The van der Waals surface area contributed by atoms with Gasteiger partial charge in [0.15, 0.2) is 0 Å². The maximum absolute atomic E-state index is 4.76. The Bertz CT molecular complexity index is 838. The number of allylic oxidation sites excluding steroid dienone is 3. The summed E-state index contributed by atoms with van der Waals surface area (Å²) in [5.41, 5.74) is 10.1. The van der Waals surface area contributed by atoms with Crippen molar-refractivity contribution in [2.75, 3.05) is 0 Å². The average molecular weight is 449 g/mol. The van der Waals surface area contributed by atoms with E-state index in [1.54, 1.807) is 22.3 Å². The molecule has 0 nitrogen and oxygen atoms in total. The third kappa shape index (κ3) is 6.04. The van der Waals surface area contributed by atoms with E-state index in [0.29, 0.717) is 22.7 Å². The molecule has 0 bridgehead atoms. The van der Waals surface area contributed by atoms with Gasteiger partial charge in [-0.1, -0.05) is 96.2 Å². The predicted molar refractivity (Wildman–Crippen MR) is 147 cm³/mol. The average Bonchev–Trinajstić information content (AvgIpc) is 3.23. The Morgan fingerprint density at radius 1 is 1.06 bits per heavy atom. The molecule has 0 radical (unpaired) electrons. The third-order valence-corrected chi connectivity index (χ3v) is 9.19. The van der Waals surface area contributed by atoms with Crippen molar-refractivity contribution < 1.29 is 0 Å². The van der Waals surface area contributed by atoms with E-state index >= 15 is 0 Å². The normalized spacial score (nSPS) is 22.9. The van der Waals surface area contributed by atoms with Crippen LogP contribution in [0.3, 0.4) is 0 Å². The number of hydrogen-bond donors (Lipinski definition) is 0. The van der Waals surface area contributed by atoms with Crippen molar-refractivity contribution in [3.05, 3.63) is 58.2 Å². The molecule has 3 rings (SSSR count). The summed E-state index contributed by atoms with van der Waals surface area (Å²) in [6, 6.07) is 5.12. The number of hydrogen-bond acceptors (Lipinski definition) is 0. The summed E-state index contributed by atoms with van der Waals surface area (Å²) in [5.74, 6) is 1.23. The van der Waals surface area contributed by atoms with Crippen LogP contribution in [0.5, 0.6) is 0 Å². The molecular weight excluding hydrogens is 396 g/mol. The number of unbranched alkanes of at least 4 members (excludes halogenated alkanes) is 2. The lowest BCUT2D eigenvalue weighted by Crippen LogP contribution is -2.30. The first-order chi connectivity index (χ1) is 15.6. The lowest BCUT2D eigenvalue weighted by molar-refractivity contribution is 0.197. The van der Waals surface area contributed by atoms with Gasteiger partial charge in [-0.25, -0.2) is 0 Å². The van der Waals surface area contributed by atoms with Gasteiger partial charge in [-0.15, -0.1) is 0 Å². The van der Waals surface area contributed by atoms with Crippen molar-refractivity contribution in [3.8, 4) is 0 Å². The first-order valence-corrected chi connectivity index (χ1v) is 14.1. The Hall–Kier alpha value is -1.30. The van der Waals surface area contributed by atoms with Crippen molar-refractivity contribution >= 4 is 0 Å². The van der Waals surface area contributed by atoms with E-state index in [1.807, 2.05) is 0 Å². The molecule has 0 saturated heterocycles. The second kappa shape index (κ2) is 11.0. The van der Waals surface area contributed by atoms with Gasteiger partial charge in [-0.2, -0.15) is 0 Å². The standard InChI is InChI=1S/C33H52/c1-9-11-12-15-27-21-25(4)31(29-20-24(3)16-17-30(29)32(6,7)8)28(23-27)22-26(5)33(10-2)18-13-14-19-33/h20-21,23,29-30H,5,9-19,22H2,1-4,6-8H3. The summed E-state index contributed by atoms with van der Waals surface area (Å²) >= 11 is 0. The van der Waals surface area contributed by atoms with Crippen LogP contribution >= 0.6 is 0 Å². The van der Waals surface area contributed by atoms with E-state index in [2.05, 4.69) is 66.7 Å². The van der Waals surface area contributed by atoms with Gasteiger partial charge in [-0.05, 0) is 104 Å². The predicted octanol–water partition coefficient (Wildman–Crippen LogP) is 10.3. The van der Waals surface area contributed by atoms with Gasteiger partial charge in [-0.3, -0.25) is 0 Å². The fourth-order valence-electron chi connectivity index (χ4n) is 7.05. The van der Waals surface area contributed by atoms with Gasteiger partial charge in [0, 0.05) is 5.92 Å². The van der Waals surface area contributed by atoms with Gasteiger partial charge in [0.1, 0.15) is 0 Å². The van der Waals surface area contributed by atoms with Crippen LogP contribution in [0.15, 0.2) is 35.9 Å². The minimum atomic E-state index is 0.318. The topological polar surface area (TPSA) is 0 Å². The Morgan fingerprint density at radius 2 is 1.76 bits per heavy atom. The molecule has 2 aliphatic carbocycles. The van der Waals surface area contributed by atoms with Crippen molar-refractivity contribution in [2.24, 2.45) is 16.7 Å². The maximum atomic E-state index is 4.76. The molecule has 2 aliphatic rings. The van der Waals surface area contributed by atoms with Crippen molar-refractivity contribution in [1.29, 1.82) is 0 Å². The van der Waals surface area contributed by atoms with Crippen molar-refractivity contribution in [1.82, 2.24) is 0 Å². The smallest absolute Gasteiger partial charge is 0.00594 e. The molecule has 33 heavy (non-hydrogen) atoms. The van der Waals surface area contributed by atoms with E-state index in [4.69, 9.17) is 6.58 Å². The molecule has 0 spiro atoms. The maximum Gasteiger partial charge on any atom is 0.00594 e. The minimum Gasteiger partial charge on any atom is -0.0990 e. The molecule has 1 aromatic rings. The van der Waals surface area contributed by atoms with Crippen LogP contribution in [-0.2, 0) is 12.8 Å². The van der Waals surface area contributed by atoms with Crippen molar-refractivity contribution in [2.45, 2.75) is 131 Å². The summed E-state index contributed by atoms with van der Waals surface area (Å²) in [6.07, 6.45) is 18.1.